The van der Waals surface area contributed by atoms with Gasteiger partial charge in [0, 0.05) is 24.6 Å². The van der Waals surface area contributed by atoms with E-state index < -0.39 is 12.1 Å². The highest BCUT2D eigenvalue weighted by molar-refractivity contribution is 5.94. The lowest BCUT2D eigenvalue weighted by molar-refractivity contribution is -0.00827. The smallest absolute Gasteiger partial charge is 0.273 e. The molecule has 0 heterocycles. The molecule has 0 saturated heterocycles. The van der Waals surface area contributed by atoms with Crippen molar-refractivity contribution in [3.8, 4) is 11.1 Å². The first-order chi connectivity index (χ1) is 13.2. The van der Waals surface area contributed by atoms with Crippen molar-refractivity contribution in [2.75, 3.05) is 14.1 Å². The van der Waals surface area contributed by atoms with Gasteiger partial charge in [-0.1, -0.05) is 43.3 Å². The van der Waals surface area contributed by atoms with Crippen molar-refractivity contribution >= 4 is 5.91 Å². The Kier molecular flexibility index (Phi) is 7.23. The molecular formula is C21H27F2N3O2. The van der Waals surface area contributed by atoms with Crippen molar-refractivity contribution in [1.82, 2.24) is 15.7 Å². The molecule has 28 heavy (non-hydrogen) atoms. The van der Waals surface area contributed by atoms with E-state index in [1.165, 1.54) is 24.0 Å². The Hall–Kier alpha value is -2.35. The van der Waals surface area contributed by atoms with Crippen LogP contribution in [-0.2, 0) is 5.92 Å². The standard InChI is InChI=1S/C21H27F2N3O2/c1-5-21(22,23)18-12-10-16(11-13-18)15-6-8-17(9-7-15)20(27)26(4)14(2)19(24-3)25-28/h6-14,19,24-25,28H,5H2,1-4H3. The summed E-state index contributed by atoms with van der Waals surface area (Å²) in [6, 6.07) is 12.9. The molecule has 0 aliphatic heterocycles. The van der Waals surface area contributed by atoms with Crippen molar-refractivity contribution in [2.45, 2.75) is 38.4 Å². The number of carbonyl (C=O) groups is 1. The number of rotatable bonds is 8. The number of carbonyl (C=O) groups excluding carboxylic acids is 1. The van der Waals surface area contributed by atoms with Crippen LogP contribution in [0.1, 0.15) is 36.2 Å². The molecule has 5 nitrogen and oxygen atoms in total. The van der Waals surface area contributed by atoms with Gasteiger partial charge in [0.1, 0.15) is 6.17 Å². The summed E-state index contributed by atoms with van der Waals surface area (Å²) in [7, 11) is 3.34. The van der Waals surface area contributed by atoms with E-state index in [-0.39, 0.29) is 23.9 Å². The van der Waals surface area contributed by atoms with E-state index in [0.717, 1.165) is 11.1 Å². The topological polar surface area (TPSA) is 64.6 Å². The number of hydroxylamine groups is 1. The fourth-order valence-electron chi connectivity index (χ4n) is 2.94. The normalized spacial score (nSPS) is 13.8. The number of benzene rings is 2. The first kappa shape index (κ1) is 21.9. The third-order valence-electron chi connectivity index (χ3n) is 5.08. The van der Waals surface area contributed by atoms with E-state index in [9.17, 15) is 13.6 Å². The highest BCUT2D eigenvalue weighted by atomic mass is 19.3. The number of likely N-dealkylation sites (N-methyl/N-ethyl adjacent to an activating group) is 2. The third kappa shape index (κ3) is 4.73. The molecule has 0 radical (unpaired) electrons. The second-order valence-electron chi connectivity index (χ2n) is 6.76. The van der Waals surface area contributed by atoms with Crippen LogP contribution in [-0.4, -0.2) is 42.3 Å². The van der Waals surface area contributed by atoms with Crippen LogP contribution in [0.5, 0.6) is 0 Å². The summed E-state index contributed by atoms with van der Waals surface area (Å²) in [5.41, 5.74) is 4.27. The zero-order valence-corrected chi connectivity index (χ0v) is 16.5. The lowest BCUT2D eigenvalue weighted by atomic mass is 9.99. The lowest BCUT2D eigenvalue weighted by Crippen LogP contribution is -2.54. The Balaban J connectivity index is 2.16. The quantitative estimate of drug-likeness (QED) is 0.473. The first-order valence-electron chi connectivity index (χ1n) is 9.18. The third-order valence-corrected chi connectivity index (χ3v) is 5.08. The minimum absolute atomic E-state index is 0.00209. The summed E-state index contributed by atoms with van der Waals surface area (Å²) in [6.07, 6.45) is -0.706. The molecule has 3 N–H and O–H groups in total. The molecule has 0 aliphatic carbocycles. The highest BCUT2D eigenvalue weighted by Gasteiger charge is 2.28. The fraction of sp³-hybridized carbons (Fsp3) is 0.381. The summed E-state index contributed by atoms with van der Waals surface area (Å²) in [5.74, 6) is -3.02. The van der Waals surface area contributed by atoms with Crippen LogP contribution < -0.4 is 10.8 Å². The number of alkyl halides is 2. The van der Waals surface area contributed by atoms with Gasteiger partial charge in [-0.3, -0.25) is 4.79 Å². The van der Waals surface area contributed by atoms with Gasteiger partial charge in [-0.15, -0.1) is 0 Å². The van der Waals surface area contributed by atoms with Gasteiger partial charge in [-0.05, 0) is 37.2 Å². The van der Waals surface area contributed by atoms with Crippen LogP contribution in [0.2, 0.25) is 0 Å². The molecule has 1 amide bonds. The van der Waals surface area contributed by atoms with Gasteiger partial charge in [0.05, 0.1) is 6.04 Å². The van der Waals surface area contributed by atoms with Gasteiger partial charge >= 0.3 is 0 Å². The van der Waals surface area contributed by atoms with Crippen molar-refractivity contribution in [1.29, 1.82) is 0 Å². The van der Waals surface area contributed by atoms with Gasteiger partial charge in [0.2, 0.25) is 0 Å². The van der Waals surface area contributed by atoms with E-state index in [0.29, 0.717) is 5.56 Å². The molecule has 0 saturated carbocycles. The van der Waals surface area contributed by atoms with Crippen LogP contribution in [0.25, 0.3) is 11.1 Å². The molecule has 2 rings (SSSR count). The van der Waals surface area contributed by atoms with Gasteiger partial charge in [0.25, 0.3) is 11.8 Å². The molecule has 2 atom stereocenters. The molecule has 2 aromatic rings. The molecule has 0 bridgehead atoms. The maximum atomic E-state index is 13.7. The largest absolute Gasteiger partial charge is 0.336 e. The maximum absolute atomic E-state index is 13.7. The molecule has 7 heteroatoms. The minimum Gasteiger partial charge on any atom is -0.336 e. The SMILES string of the molecule is CCC(F)(F)c1ccc(-c2ccc(C(=O)N(C)C(C)C(NC)NO)cc2)cc1. The van der Waals surface area contributed by atoms with E-state index in [4.69, 9.17) is 5.21 Å². The Labute approximate surface area is 164 Å². The first-order valence-corrected chi connectivity index (χ1v) is 9.18. The van der Waals surface area contributed by atoms with E-state index >= 15 is 0 Å². The van der Waals surface area contributed by atoms with Gasteiger partial charge < -0.3 is 15.4 Å². The molecule has 2 aromatic carbocycles. The zero-order valence-electron chi connectivity index (χ0n) is 16.5. The summed E-state index contributed by atoms with van der Waals surface area (Å²) in [6.45, 7) is 3.27. The van der Waals surface area contributed by atoms with Gasteiger partial charge in [-0.25, -0.2) is 8.78 Å². The number of nitrogens with zero attached hydrogens (tertiary/aromatic N) is 1. The summed E-state index contributed by atoms with van der Waals surface area (Å²) in [4.78, 5) is 14.2. The monoisotopic (exact) mass is 391 g/mol. The number of hydrogen-bond acceptors (Lipinski definition) is 4. The Bertz CT molecular complexity index is 775. The number of hydrogen-bond donors (Lipinski definition) is 3. The zero-order chi connectivity index (χ0) is 20.9. The average molecular weight is 391 g/mol. The van der Waals surface area contributed by atoms with Crippen LogP contribution in [0, 0.1) is 0 Å². The van der Waals surface area contributed by atoms with Gasteiger partial charge in [-0.2, -0.15) is 5.48 Å². The second kappa shape index (κ2) is 9.23. The van der Waals surface area contributed by atoms with Crippen LogP contribution in [0.3, 0.4) is 0 Å². The molecule has 0 aliphatic rings. The predicted octanol–water partition coefficient (Wildman–Crippen LogP) is 3.84. The van der Waals surface area contributed by atoms with Crippen molar-refractivity contribution < 1.29 is 18.8 Å². The van der Waals surface area contributed by atoms with E-state index in [2.05, 4.69) is 10.8 Å². The molecule has 0 fully saturated rings. The minimum atomic E-state index is -2.83. The predicted molar refractivity (Wildman–Crippen MR) is 105 cm³/mol. The Morgan fingerprint density at radius 3 is 2.04 bits per heavy atom. The fourth-order valence-corrected chi connectivity index (χ4v) is 2.94. The van der Waals surface area contributed by atoms with Crippen LogP contribution >= 0.6 is 0 Å². The molecule has 152 valence electrons. The highest BCUT2D eigenvalue weighted by Crippen LogP contribution is 2.32. The number of nitrogens with one attached hydrogen (secondary N) is 2. The Morgan fingerprint density at radius 1 is 1.11 bits per heavy atom. The number of amides is 1. The van der Waals surface area contributed by atoms with Crippen LogP contribution in [0.15, 0.2) is 48.5 Å². The number of halogens is 2. The Morgan fingerprint density at radius 2 is 1.61 bits per heavy atom. The average Bonchev–Trinajstić information content (AvgIpc) is 2.73. The summed E-state index contributed by atoms with van der Waals surface area (Å²) >= 11 is 0. The summed E-state index contributed by atoms with van der Waals surface area (Å²) < 4.78 is 27.5. The lowest BCUT2D eigenvalue weighted by Gasteiger charge is -2.31. The van der Waals surface area contributed by atoms with E-state index in [1.807, 2.05) is 6.92 Å². The molecular weight excluding hydrogens is 364 g/mol. The molecule has 0 spiro atoms. The van der Waals surface area contributed by atoms with E-state index in [1.54, 1.807) is 50.5 Å². The van der Waals surface area contributed by atoms with Crippen LogP contribution in [0.4, 0.5) is 8.78 Å². The summed E-state index contributed by atoms with van der Waals surface area (Å²) in [5, 5.41) is 12.0. The van der Waals surface area contributed by atoms with Gasteiger partial charge in [0.15, 0.2) is 0 Å². The second-order valence-corrected chi connectivity index (χ2v) is 6.76. The van der Waals surface area contributed by atoms with Crippen molar-refractivity contribution in [3.05, 3.63) is 59.7 Å². The maximum Gasteiger partial charge on any atom is 0.273 e. The van der Waals surface area contributed by atoms with Crippen molar-refractivity contribution in [3.63, 3.8) is 0 Å². The van der Waals surface area contributed by atoms with Crippen molar-refractivity contribution in [2.24, 2.45) is 0 Å². The molecule has 2 unspecified atom stereocenters. The molecule has 0 aromatic heterocycles.